The number of anilines is 1. The average Bonchev–Trinajstić information content (AvgIpc) is 3.24. The smallest absolute Gasteiger partial charge is 0.408 e. The summed E-state index contributed by atoms with van der Waals surface area (Å²) >= 11 is 6.79. The molecule has 0 saturated heterocycles. The molecule has 2 aromatic heterocycles. The second kappa shape index (κ2) is 6.80. The first-order chi connectivity index (χ1) is 12.9. The van der Waals surface area contributed by atoms with Gasteiger partial charge in [-0.15, -0.1) is 0 Å². The SMILES string of the molecule is O=c1oc2cc(S(=O)(=O)Nc3ncns3)ccc2n1Cc1ccc(Cl)cc1. The Hall–Kier alpha value is -2.69. The fourth-order valence-corrected chi connectivity index (χ4v) is 4.33. The van der Waals surface area contributed by atoms with Gasteiger partial charge < -0.3 is 4.42 Å². The molecule has 0 radical (unpaired) electrons. The van der Waals surface area contributed by atoms with Crippen LogP contribution in [0.3, 0.4) is 0 Å². The normalized spacial score (nSPS) is 11.7. The molecule has 0 saturated carbocycles. The third-order valence-corrected chi connectivity index (χ3v) is 6.08. The summed E-state index contributed by atoms with van der Waals surface area (Å²) in [4.78, 5) is 16.0. The van der Waals surface area contributed by atoms with Crippen molar-refractivity contribution >= 4 is 49.4 Å². The van der Waals surface area contributed by atoms with E-state index in [1.54, 1.807) is 24.3 Å². The number of hydrogen-bond donors (Lipinski definition) is 1. The van der Waals surface area contributed by atoms with E-state index in [2.05, 4.69) is 14.1 Å². The summed E-state index contributed by atoms with van der Waals surface area (Å²) in [5.41, 5.74) is 1.53. The minimum Gasteiger partial charge on any atom is -0.408 e. The molecule has 0 atom stereocenters. The van der Waals surface area contributed by atoms with Crippen LogP contribution in [0.15, 0.2) is 62.9 Å². The Morgan fingerprint density at radius 3 is 2.67 bits per heavy atom. The number of rotatable bonds is 5. The first kappa shape index (κ1) is 17.7. The second-order valence-electron chi connectivity index (χ2n) is 5.56. The third-order valence-electron chi connectivity index (χ3n) is 3.79. The molecule has 8 nitrogen and oxygen atoms in total. The molecule has 2 aromatic carbocycles. The van der Waals surface area contributed by atoms with Crippen molar-refractivity contribution in [3.63, 3.8) is 0 Å². The lowest BCUT2D eigenvalue weighted by molar-refractivity contribution is 0.517. The maximum absolute atomic E-state index is 12.4. The van der Waals surface area contributed by atoms with Crippen molar-refractivity contribution in [3.05, 3.63) is 69.9 Å². The van der Waals surface area contributed by atoms with Gasteiger partial charge in [0.15, 0.2) is 5.58 Å². The van der Waals surface area contributed by atoms with Crippen LogP contribution >= 0.6 is 23.1 Å². The van der Waals surface area contributed by atoms with Gasteiger partial charge in [0.05, 0.1) is 17.0 Å². The lowest BCUT2D eigenvalue weighted by Gasteiger charge is -2.05. The van der Waals surface area contributed by atoms with E-state index in [1.165, 1.54) is 29.1 Å². The summed E-state index contributed by atoms with van der Waals surface area (Å²) in [6.45, 7) is 0.276. The van der Waals surface area contributed by atoms with Crippen molar-refractivity contribution in [2.75, 3.05) is 4.72 Å². The van der Waals surface area contributed by atoms with Gasteiger partial charge in [0, 0.05) is 22.6 Å². The molecule has 2 heterocycles. The summed E-state index contributed by atoms with van der Waals surface area (Å²) < 4.78 is 37.6. The Morgan fingerprint density at radius 2 is 1.96 bits per heavy atom. The maximum atomic E-state index is 12.4. The van der Waals surface area contributed by atoms with Crippen LogP contribution in [0.2, 0.25) is 5.02 Å². The molecule has 0 fully saturated rings. The van der Waals surface area contributed by atoms with E-state index in [4.69, 9.17) is 16.0 Å². The summed E-state index contributed by atoms with van der Waals surface area (Å²) in [7, 11) is -3.87. The molecule has 0 spiro atoms. The molecule has 4 rings (SSSR count). The van der Waals surface area contributed by atoms with Crippen LogP contribution in [0, 0.1) is 0 Å². The molecular weight excluding hydrogens is 412 g/mol. The fourth-order valence-electron chi connectivity index (χ4n) is 2.53. The van der Waals surface area contributed by atoms with Crippen LogP contribution in [0.25, 0.3) is 11.1 Å². The quantitative estimate of drug-likeness (QED) is 0.529. The van der Waals surface area contributed by atoms with Crippen molar-refractivity contribution < 1.29 is 12.8 Å². The van der Waals surface area contributed by atoms with Crippen LogP contribution < -0.4 is 10.5 Å². The van der Waals surface area contributed by atoms with Gasteiger partial charge in [0.25, 0.3) is 10.0 Å². The summed E-state index contributed by atoms with van der Waals surface area (Å²) in [6.07, 6.45) is 1.25. The Morgan fingerprint density at radius 1 is 1.19 bits per heavy atom. The lowest BCUT2D eigenvalue weighted by atomic mass is 10.2. The van der Waals surface area contributed by atoms with Gasteiger partial charge in [-0.3, -0.25) is 9.29 Å². The highest BCUT2D eigenvalue weighted by Crippen LogP contribution is 2.22. The number of aromatic nitrogens is 3. The van der Waals surface area contributed by atoms with Crippen LogP contribution in [0.1, 0.15) is 5.56 Å². The zero-order chi connectivity index (χ0) is 19.0. The van der Waals surface area contributed by atoms with Gasteiger partial charge in [-0.1, -0.05) is 23.7 Å². The molecule has 0 aliphatic heterocycles. The molecule has 0 aliphatic carbocycles. The van der Waals surface area contributed by atoms with Gasteiger partial charge in [0.1, 0.15) is 6.33 Å². The molecular formula is C16H11ClN4O4S2. The second-order valence-corrected chi connectivity index (χ2v) is 8.46. The van der Waals surface area contributed by atoms with Crippen molar-refractivity contribution in [2.24, 2.45) is 0 Å². The zero-order valence-corrected chi connectivity index (χ0v) is 15.9. The van der Waals surface area contributed by atoms with E-state index in [9.17, 15) is 13.2 Å². The highest BCUT2D eigenvalue weighted by Gasteiger charge is 2.19. The first-order valence-corrected chi connectivity index (χ1v) is 10.2. The minimum absolute atomic E-state index is 0.0439. The molecule has 0 bridgehead atoms. The molecule has 0 aliphatic rings. The fraction of sp³-hybridized carbons (Fsp3) is 0.0625. The molecule has 11 heteroatoms. The van der Waals surface area contributed by atoms with Crippen LogP contribution in [0.4, 0.5) is 5.13 Å². The standard InChI is InChI=1S/C16H11ClN4O4S2/c17-11-3-1-10(2-4-11)8-21-13-6-5-12(7-14(13)25-16(21)22)27(23,24)20-15-18-9-19-26-15/h1-7,9H,8H2,(H,18,19,20). The molecule has 4 aromatic rings. The van der Waals surface area contributed by atoms with Crippen molar-refractivity contribution in [3.8, 4) is 0 Å². The Bertz CT molecular complexity index is 1260. The summed E-state index contributed by atoms with van der Waals surface area (Å²) in [5.74, 6) is -0.577. The maximum Gasteiger partial charge on any atom is 0.420 e. The number of nitrogens with zero attached hydrogens (tertiary/aromatic N) is 3. The number of oxazole rings is 1. The van der Waals surface area contributed by atoms with Crippen molar-refractivity contribution in [1.29, 1.82) is 0 Å². The summed E-state index contributed by atoms with van der Waals surface area (Å²) in [6, 6.07) is 11.3. The predicted octanol–water partition coefficient (Wildman–Crippen LogP) is 2.95. The highest BCUT2D eigenvalue weighted by molar-refractivity contribution is 7.93. The predicted molar refractivity (Wildman–Crippen MR) is 102 cm³/mol. The van der Waals surface area contributed by atoms with Crippen LogP contribution in [-0.4, -0.2) is 22.3 Å². The minimum atomic E-state index is -3.87. The Balaban J connectivity index is 1.70. The molecule has 138 valence electrons. The van der Waals surface area contributed by atoms with E-state index in [0.29, 0.717) is 10.5 Å². The zero-order valence-electron chi connectivity index (χ0n) is 13.5. The van der Waals surface area contributed by atoms with Crippen LogP contribution in [-0.2, 0) is 16.6 Å². The van der Waals surface area contributed by atoms with Gasteiger partial charge >= 0.3 is 5.76 Å². The number of fused-ring (bicyclic) bond motifs is 1. The van der Waals surface area contributed by atoms with E-state index >= 15 is 0 Å². The lowest BCUT2D eigenvalue weighted by Crippen LogP contribution is -2.15. The molecule has 0 amide bonds. The number of halogens is 1. The van der Waals surface area contributed by atoms with Gasteiger partial charge in [0.2, 0.25) is 5.13 Å². The third kappa shape index (κ3) is 3.59. The van der Waals surface area contributed by atoms with Crippen LogP contribution in [0.5, 0.6) is 0 Å². The highest BCUT2D eigenvalue weighted by atomic mass is 35.5. The number of benzene rings is 2. The van der Waals surface area contributed by atoms with Gasteiger partial charge in [-0.05, 0) is 29.8 Å². The van der Waals surface area contributed by atoms with E-state index in [0.717, 1.165) is 17.1 Å². The largest absolute Gasteiger partial charge is 0.420 e. The van der Waals surface area contributed by atoms with Crippen molar-refractivity contribution in [2.45, 2.75) is 11.4 Å². The topological polar surface area (TPSA) is 107 Å². The Kier molecular flexibility index (Phi) is 4.46. The number of sulfonamides is 1. The number of nitrogens with one attached hydrogen (secondary N) is 1. The average molecular weight is 423 g/mol. The molecule has 0 unspecified atom stereocenters. The Labute approximate surface area is 162 Å². The van der Waals surface area contributed by atoms with Gasteiger partial charge in [-0.2, -0.15) is 4.37 Å². The monoisotopic (exact) mass is 422 g/mol. The summed E-state index contributed by atoms with van der Waals surface area (Å²) in [5, 5.41) is 0.748. The molecule has 1 N–H and O–H groups in total. The molecule has 27 heavy (non-hydrogen) atoms. The number of hydrogen-bond acceptors (Lipinski definition) is 7. The van der Waals surface area contributed by atoms with Crippen molar-refractivity contribution in [1.82, 2.24) is 13.9 Å². The van der Waals surface area contributed by atoms with E-state index in [1.807, 2.05) is 0 Å². The van der Waals surface area contributed by atoms with Gasteiger partial charge in [-0.25, -0.2) is 18.2 Å². The first-order valence-electron chi connectivity index (χ1n) is 7.60. The van der Waals surface area contributed by atoms with E-state index < -0.39 is 15.8 Å². The van der Waals surface area contributed by atoms with E-state index in [-0.39, 0.29) is 22.2 Å².